The van der Waals surface area contributed by atoms with Gasteiger partial charge in [0.2, 0.25) is 0 Å². The third kappa shape index (κ3) is 2.35. The topological polar surface area (TPSA) is 37.8 Å². The molecule has 1 aliphatic rings. The van der Waals surface area contributed by atoms with Crippen LogP contribution in [0.2, 0.25) is 0 Å². The van der Waals surface area contributed by atoms with Crippen LogP contribution in [-0.2, 0) is 0 Å². The minimum atomic E-state index is 0.644. The van der Waals surface area contributed by atoms with Crippen molar-refractivity contribution in [1.29, 1.82) is 0 Å². The van der Waals surface area contributed by atoms with E-state index in [9.17, 15) is 0 Å². The van der Waals surface area contributed by atoms with Gasteiger partial charge in [0, 0.05) is 16.2 Å². The average Bonchev–Trinajstić information content (AvgIpc) is 2.97. The maximum absolute atomic E-state index is 4.81. The van der Waals surface area contributed by atoms with Crippen molar-refractivity contribution in [3.8, 4) is 11.4 Å². The molecule has 1 saturated heterocycles. The van der Waals surface area contributed by atoms with Crippen molar-refractivity contribution in [3.05, 3.63) is 20.3 Å². The van der Waals surface area contributed by atoms with Crippen molar-refractivity contribution in [1.82, 2.24) is 15.3 Å². The molecule has 2 aromatic rings. The number of piperidine rings is 1. The lowest BCUT2D eigenvalue weighted by Crippen LogP contribution is -2.26. The van der Waals surface area contributed by atoms with Crippen LogP contribution in [0.5, 0.6) is 0 Å². The summed E-state index contributed by atoms with van der Waals surface area (Å²) in [7, 11) is 0. The molecule has 0 aromatic carbocycles. The molecule has 0 amide bonds. The maximum atomic E-state index is 4.81. The van der Waals surface area contributed by atoms with Gasteiger partial charge in [-0.25, -0.2) is 9.97 Å². The smallest absolute Gasteiger partial charge is 0.104 e. The Morgan fingerprint density at radius 2 is 2.00 bits per heavy atom. The van der Waals surface area contributed by atoms with Crippen LogP contribution >= 0.6 is 22.7 Å². The molecule has 2 aromatic heterocycles. The molecule has 0 bridgehead atoms. The van der Waals surface area contributed by atoms with Crippen LogP contribution in [0.3, 0.4) is 0 Å². The predicted octanol–water partition coefficient (Wildman–Crippen LogP) is 3.35. The fourth-order valence-electron chi connectivity index (χ4n) is 2.42. The SMILES string of the molecule is Cc1nc(-c2csc(C3CCNCC3)n2)c(C)s1. The minimum absolute atomic E-state index is 0.644. The highest BCUT2D eigenvalue weighted by molar-refractivity contribution is 7.12. The Morgan fingerprint density at radius 3 is 2.67 bits per heavy atom. The van der Waals surface area contributed by atoms with Gasteiger partial charge in [-0.05, 0) is 39.8 Å². The summed E-state index contributed by atoms with van der Waals surface area (Å²) < 4.78 is 0. The molecule has 0 spiro atoms. The Labute approximate surface area is 115 Å². The maximum Gasteiger partial charge on any atom is 0.104 e. The number of rotatable bonds is 2. The number of aryl methyl sites for hydroxylation is 2. The van der Waals surface area contributed by atoms with Crippen molar-refractivity contribution in [2.75, 3.05) is 13.1 Å². The van der Waals surface area contributed by atoms with E-state index in [-0.39, 0.29) is 0 Å². The third-order valence-electron chi connectivity index (χ3n) is 3.36. The summed E-state index contributed by atoms with van der Waals surface area (Å²) in [5.41, 5.74) is 2.14. The fraction of sp³-hybridized carbons (Fsp3) is 0.538. The van der Waals surface area contributed by atoms with E-state index in [1.165, 1.54) is 22.7 Å². The van der Waals surface area contributed by atoms with E-state index in [0.717, 1.165) is 29.5 Å². The number of aromatic nitrogens is 2. The summed E-state index contributed by atoms with van der Waals surface area (Å²) in [6.45, 7) is 6.42. The molecule has 3 nitrogen and oxygen atoms in total. The van der Waals surface area contributed by atoms with Gasteiger partial charge < -0.3 is 5.32 Å². The van der Waals surface area contributed by atoms with Crippen LogP contribution in [0, 0.1) is 13.8 Å². The summed E-state index contributed by atoms with van der Waals surface area (Å²) in [5, 5.41) is 7.98. The molecule has 96 valence electrons. The van der Waals surface area contributed by atoms with Gasteiger partial charge in [0.1, 0.15) is 11.4 Å². The van der Waals surface area contributed by atoms with Gasteiger partial charge in [-0.2, -0.15) is 0 Å². The molecular formula is C13H17N3S2. The Morgan fingerprint density at radius 1 is 1.22 bits per heavy atom. The van der Waals surface area contributed by atoms with Crippen molar-refractivity contribution in [2.45, 2.75) is 32.6 Å². The Hall–Kier alpha value is -0.780. The van der Waals surface area contributed by atoms with Crippen molar-refractivity contribution in [3.63, 3.8) is 0 Å². The van der Waals surface area contributed by atoms with Gasteiger partial charge in [-0.1, -0.05) is 0 Å². The normalized spacial score (nSPS) is 17.2. The quantitative estimate of drug-likeness (QED) is 0.916. The van der Waals surface area contributed by atoms with Crippen LogP contribution in [-0.4, -0.2) is 23.1 Å². The summed E-state index contributed by atoms with van der Waals surface area (Å²) in [6, 6.07) is 0. The average molecular weight is 279 g/mol. The number of hydrogen-bond acceptors (Lipinski definition) is 5. The molecule has 0 aliphatic carbocycles. The van der Waals surface area contributed by atoms with Gasteiger partial charge in [-0.15, -0.1) is 22.7 Å². The first kappa shape index (κ1) is 12.3. The molecule has 0 radical (unpaired) electrons. The Bertz CT molecular complexity index is 538. The van der Waals surface area contributed by atoms with Crippen LogP contribution in [0.4, 0.5) is 0 Å². The molecule has 3 heterocycles. The lowest BCUT2D eigenvalue weighted by molar-refractivity contribution is 0.459. The monoisotopic (exact) mass is 279 g/mol. The van der Waals surface area contributed by atoms with Gasteiger partial charge in [0.15, 0.2) is 0 Å². The predicted molar refractivity (Wildman–Crippen MR) is 77.5 cm³/mol. The summed E-state index contributed by atoms with van der Waals surface area (Å²) in [5.74, 6) is 0.644. The number of hydrogen-bond donors (Lipinski definition) is 1. The number of nitrogens with one attached hydrogen (secondary N) is 1. The second kappa shape index (κ2) is 5.07. The zero-order valence-electron chi connectivity index (χ0n) is 10.7. The second-order valence-corrected chi connectivity index (χ2v) is 7.03. The Kier molecular flexibility index (Phi) is 3.46. The third-order valence-corrected chi connectivity index (χ3v) is 5.25. The van der Waals surface area contributed by atoms with Gasteiger partial charge >= 0.3 is 0 Å². The highest BCUT2D eigenvalue weighted by Crippen LogP contribution is 2.33. The first-order valence-electron chi connectivity index (χ1n) is 6.34. The van der Waals surface area contributed by atoms with Gasteiger partial charge in [0.05, 0.1) is 10.0 Å². The van der Waals surface area contributed by atoms with E-state index >= 15 is 0 Å². The van der Waals surface area contributed by atoms with E-state index in [2.05, 4.69) is 29.5 Å². The molecule has 0 atom stereocenters. The highest BCUT2D eigenvalue weighted by atomic mass is 32.1. The molecule has 3 rings (SSSR count). The number of nitrogens with zero attached hydrogens (tertiary/aromatic N) is 2. The van der Waals surface area contributed by atoms with E-state index in [0.29, 0.717) is 5.92 Å². The van der Waals surface area contributed by atoms with E-state index in [4.69, 9.17) is 4.98 Å². The van der Waals surface area contributed by atoms with Gasteiger partial charge in [0.25, 0.3) is 0 Å². The molecule has 18 heavy (non-hydrogen) atoms. The zero-order valence-corrected chi connectivity index (χ0v) is 12.3. The van der Waals surface area contributed by atoms with Crippen LogP contribution < -0.4 is 5.32 Å². The van der Waals surface area contributed by atoms with E-state index < -0.39 is 0 Å². The van der Waals surface area contributed by atoms with E-state index in [1.54, 1.807) is 22.7 Å². The lowest BCUT2D eigenvalue weighted by atomic mass is 9.99. The molecule has 1 fully saturated rings. The molecule has 1 N–H and O–H groups in total. The molecule has 1 aliphatic heterocycles. The van der Waals surface area contributed by atoms with Crippen LogP contribution in [0.25, 0.3) is 11.4 Å². The summed E-state index contributed by atoms with van der Waals surface area (Å²) in [6.07, 6.45) is 2.42. The first-order chi connectivity index (χ1) is 8.74. The Balaban J connectivity index is 1.86. The summed E-state index contributed by atoms with van der Waals surface area (Å²) >= 11 is 3.55. The van der Waals surface area contributed by atoms with Crippen molar-refractivity contribution in [2.24, 2.45) is 0 Å². The summed E-state index contributed by atoms with van der Waals surface area (Å²) in [4.78, 5) is 10.7. The zero-order chi connectivity index (χ0) is 12.5. The molecule has 0 saturated carbocycles. The van der Waals surface area contributed by atoms with Gasteiger partial charge in [-0.3, -0.25) is 0 Å². The molecular weight excluding hydrogens is 262 g/mol. The largest absolute Gasteiger partial charge is 0.317 e. The van der Waals surface area contributed by atoms with Crippen LogP contribution in [0.15, 0.2) is 5.38 Å². The lowest BCUT2D eigenvalue weighted by Gasteiger charge is -2.20. The van der Waals surface area contributed by atoms with Crippen LogP contribution in [0.1, 0.15) is 33.7 Å². The molecule has 5 heteroatoms. The van der Waals surface area contributed by atoms with E-state index in [1.807, 2.05) is 0 Å². The minimum Gasteiger partial charge on any atom is -0.317 e. The molecule has 0 unspecified atom stereocenters. The first-order valence-corrected chi connectivity index (χ1v) is 8.04. The number of thiazole rings is 2. The van der Waals surface area contributed by atoms with Crippen molar-refractivity contribution < 1.29 is 0 Å². The standard InChI is InChI=1S/C13H17N3S2/c1-8-12(15-9(2)18-8)11-7-17-13(16-11)10-3-5-14-6-4-10/h7,10,14H,3-6H2,1-2H3. The fourth-order valence-corrected chi connectivity index (χ4v) is 4.22. The van der Waals surface area contributed by atoms with Crippen molar-refractivity contribution >= 4 is 22.7 Å². The second-order valence-electron chi connectivity index (χ2n) is 4.73. The highest BCUT2D eigenvalue weighted by Gasteiger charge is 2.20.